The van der Waals surface area contributed by atoms with Gasteiger partial charge in [-0.2, -0.15) is 5.26 Å². The zero-order chi connectivity index (χ0) is 15.6. The molecule has 0 aliphatic heterocycles. The summed E-state index contributed by atoms with van der Waals surface area (Å²) in [6, 6.07) is 11.6. The van der Waals surface area contributed by atoms with Crippen LogP contribution >= 0.6 is 31.9 Å². The van der Waals surface area contributed by atoms with Gasteiger partial charge in [0.15, 0.2) is 0 Å². The molecule has 7 heteroatoms. The number of nitrogens with zero attached hydrogens (tertiary/aromatic N) is 1. The van der Waals surface area contributed by atoms with Crippen LogP contribution in [0.15, 0.2) is 50.2 Å². The van der Waals surface area contributed by atoms with Crippen molar-refractivity contribution in [1.82, 2.24) is 0 Å². The Balaban J connectivity index is 2.40. The summed E-state index contributed by atoms with van der Waals surface area (Å²) in [5.41, 5.74) is 1.78. The van der Waals surface area contributed by atoms with Gasteiger partial charge in [-0.3, -0.25) is 4.72 Å². The van der Waals surface area contributed by atoms with Gasteiger partial charge in [-0.25, -0.2) is 8.42 Å². The minimum atomic E-state index is -3.71. The standard InChI is InChI=1S/C14H10Br2N2O2S/c1-9-2-5-14(12(16)6-9)21(19,20)18-13-4-3-10(8-17)7-11(13)15/h2-7,18H,1H3. The molecule has 0 unspecified atom stereocenters. The van der Waals surface area contributed by atoms with Crippen LogP contribution < -0.4 is 4.72 Å². The summed E-state index contributed by atoms with van der Waals surface area (Å²) in [6.07, 6.45) is 0. The first kappa shape index (κ1) is 16.0. The highest BCUT2D eigenvalue weighted by atomic mass is 79.9. The van der Waals surface area contributed by atoms with Gasteiger partial charge in [0.25, 0.3) is 10.0 Å². The maximum atomic E-state index is 12.4. The lowest BCUT2D eigenvalue weighted by Crippen LogP contribution is -2.14. The van der Waals surface area contributed by atoms with Gasteiger partial charge in [0.1, 0.15) is 4.90 Å². The molecule has 0 saturated heterocycles. The summed E-state index contributed by atoms with van der Waals surface area (Å²) in [7, 11) is -3.71. The minimum absolute atomic E-state index is 0.157. The third kappa shape index (κ3) is 3.64. The summed E-state index contributed by atoms with van der Waals surface area (Å²) in [5.74, 6) is 0. The van der Waals surface area contributed by atoms with Gasteiger partial charge in [0.2, 0.25) is 0 Å². The van der Waals surface area contributed by atoms with Crippen molar-refractivity contribution in [2.75, 3.05) is 4.72 Å². The second-order valence-corrected chi connectivity index (χ2v) is 7.71. The van der Waals surface area contributed by atoms with Gasteiger partial charge in [-0.1, -0.05) is 6.07 Å². The number of halogens is 2. The Kier molecular flexibility index (Phi) is 4.71. The fraction of sp³-hybridized carbons (Fsp3) is 0.0714. The van der Waals surface area contributed by atoms with E-state index < -0.39 is 10.0 Å². The molecule has 2 aromatic carbocycles. The van der Waals surface area contributed by atoms with Crippen LogP contribution in [0.1, 0.15) is 11.1 Å². The van der Waals surface area contributed by atoms with Crippen LogP contribution in [0, 0.1) is 18.3 Å². The summed E-state index contributed by atoms with van der Waals surface area (Å²) < 4.78 is 28.3. The van der Waals surface area contributed by atoms with E-state index in [0.717, 1.165) is 5.56 Å². The molecule has 108 valence electrons. The number of aryl methyl sites for hydroxylation is 1. The Morgan fingerprint density at radius 1 is 1.10 bits per heavy atom. The van der Waals surface area contributed by atoms with E-state index in [-0.39, 0.29) is 4.90 Å². The molecule has 2 rings (SSSR count). The minimum Gasteiger partial charge on any atom is -0.278 e. The van der Waals surface area contributed by atoms with Crippen LogP contribution in [0.4, 0.5) is 5.69 Å². The summed E-state index contributed by atoms with van der Waals surface area (Å²) in [4.78, 5) is 0.157. The monoisotopic (exact) mass is 428 g/mol. The predicted octanol–water partition coefficient (Wildman–Crippen LogP) is 4.19. The fourth-order valence-electron chi connectivity index (χ4n) is 1.69. The molecule has 0 aliphatic rings. The van der Waals surface area contributed by atoms with Gasteiger partial charge in [-0.05, 0) is 74.7 Å². The van der Waals surface area contributed by atoms with Crippen molar-refractivity contribution in [3.05, 3.63) is 56.5 Å². The van der Waals surface area contributed by atoms with Crippen LogP contribution in [0.25, 0.3) is 0 Å². The Bertz CT molecular complexity index is 843. The van der Waals surface area contributed by atoms with Gasteiger partial charge in [0.05, 0.1) is 17.3 Å². The maximum Gasteiger partial charge on any atom is 0.263 e. The summed E-state index contributed by atoms with van der Waals surface area (Å²) in [6.45, 7) is 1.88. The first-order chi connectivity index (χ1) is 9.83. The molecule has 0 atom stereocenters. The third-order valence-corrected chi connectivity index (χ3v) is 5.72. The first-order valence-corrected chi connectivity index (χ1v) is 8.89. The largest absolute Gasteiger partial charge is 0.278 e. The van der Waals surface area contributed by atoms with Crippen molar-refractivity contribution in [3.8, 4) is 6.07 Å². The van der Waals surface area contributed by atoms with E-state index in [1.165, 1.54) is 0 Å². The van der Waals surface area contributed by atoms with E-state index in [1.807, 2.05) is 13.0 Å². The first-order valence-electron chi connectivity index (χ1n) is 5.82. The number of benzene rings is 2. The molecule has 0 aliphatic carbocycles. The zero-order valence-electron chi connectivity index (χ0n) is 10.9. The predicted molar refractivity (Wildman–Crippen MR) is 88.5 cm³/mol. The SMILES string of the molecule is Cc1ccc(S(=O)(=O)Nc2ccc(C#N)cc2Br)c(Br)c1. The lowest BCUT2D eigenvalue weighted by atomic mass is 10.2. The van der Waals surface area contributed by atoms with E-state index in [0.29, 0.717) is 20.2 Å². The summed E-state index contributed by atoms with van der Waals surface area (Å²) >= 11 is 6.52. The highest BCUT2D eigenvalue weighted by Gasteiger charge is 2.18. The van der Waals surface area contributed by atoms with Crippen LogP contribution in [0.3, 0.4) is 0 Å². The van der Waals surface area contributed by atoms with E-state index >= 15 is 0 Å². The molecular formula is C14H10Br2N2O2S. The second-order valence-electron chi connectivity index (χ2n) is 4.35. The van der Waals surface area contributed by atoms with Crippen LogP contribution in [-0.2, 0) is 10.0 Å². The van der Waals surface area contributed by atoms with Crippen molar-refractivity contribution in [1.29, 1.82) is 5.26 Å². The van der Waals surface area contributed by atoms with Crippen molar-refractivity contribution < 1.29 is 8.42 Å². The van der Waals surface area contributed by atoms with Gasteiger partial charge >= 0.3 is 0 Å². The number of anilines is 1. The number of nitrogens with one attached hydrogen (secondary N) is 1. The van der Waals surface area contributed by atoms with E-state index in [9.17, 15) is 8.42 Å². The molecule has 1 N–H and O–H groups in total. The number of hydrogen-bond acceptors (Lipinski definition) is 3. The highest BCUT2D eigenvalue weighted by molar-refractivity contribution is 9.11. The smallest absolute Gasteiger partial charge is 0.263 e. The third-order valence-electron chi connectivity index (χ3n) is 2.72. The Labute approximate surface area is 140 Å². The molecule has 21 heavy (non-hydrogen) atoms. The zero-order valence-corrected chi connectivity index (χ0v) is 14.9. The van der Waals surface area contributed by atoms with Gasteiger partial charge in [0, 0.05) is 8.95 Å². The average Bonchev–Trinajstić information content (AvgIpc) is 2.40. The maximum absolute atomic E-state index is 12.4. The van der Waals surface area contributed by atoms with Crippen LogP contribution in [0.5, 0.6) is 0 Å². The van der Waals surface area contributed by atoms with Gasteiger partial charge in [-0.15, -0.1) is 0 Å². The Morgan fingerprint density at radius 3 is 2.38 bits per heavy atom. The number of rotatable bonds is 3. The lowest BCUT2D eigenvalue weighted by Gasteiger charge is -2.11. The molecular weight excluding hydrogens is 420 g/mol. The van der Waals surface area contributed by atoms with Crippen molar-refractivity contribution in [3.63, 3.8) is 0 Å². The van der Waals surface area contributed by atoms with Crippen molar-refractivity contribution in [2.45, 2.75) is 11.8 Å². The quantitative estimate of drug-likeness (QED) is 0.794. The lowest BCUT2D eigenvalue weighted by molar-refractivity contribution is 0.600. The van der Waals surface area contributed by atoms with Crippen molar-refractivity contribution >= 4 is 47.6 Å². The topological polar surface area (TPSA) is 70.0 Å². The average molecular weight is 430 g/mol. The molecule has 4 nitrogen and oxygen atoms in total. The fourth-order valence-corrected chi connectivity index (χ4v) is 4.57. The molecule has 0 heterocycles. The second kappa shape index (κ2) is 6.18. The molecule has 0 fully saturated rings. The highest BCUT2D eigenvalue weighted by Crippen LogP contribution is 2.29. The number of sulfonamides is 1. The summed E-state index contributed by atoms with van der Waals surface area (Å²) in [5, 5.41) is 8.81. The number of hydrogen-bond donors (Lipinski definition) is 1. The Hall–Kier alpha value is -1.36. The molecule has 2 aromatic rings. The molecule has 0 aromatic heterocycles. The molecule has 0 amide bonds. The molecule has 0 spiro atoms. The van der Waals surface area contributed by atoms with Gasteiger partial charge < -0.3 is 0 Å². The van der Waals surface area contributed by atoms with Crippen LogP contribution in [0.2, 0.25) is 0 Å². The normalized spacial score (nSPS) is 11.0. The van der Waals surface area contributed by atoms with E-state index in [1.54, 1.807) is 36.4 Å². The molecule has 0 bridgehead atoms. The molecule has 0 saturated carbocycles. The Morgan fingerprint density at radius 2 is 1.81 bits per heavy atom. The number of nitriles is 1. The van der Waals surface area contributed by atoms with E-state index in [2.05, 4.69) is 36.6 Å². The van der Waals surface area contributed by atoms with Crippen LogP contribution in [-0.4, -0.2) is 8.42 Å². The van der Waals surface area contributed by atoms with Crippen molar-refractivity contribution in [2.24, 2.45) is 0 Å². The van der Waals surface area contributed by atoms with E-state index in [4.69, 9.17) is 5.26 Å². The molecule has 0 radical (unpaired) electrons.